The second-order valence-corrected chi connectivity index (χ2v) is 7.28. The summed E-state index contributed by atoms with van der Waals surface area (Å²) in [4.78, 5) is 0.382. The third kappa shape index (κ3) is 2.53. The van der Waals surface area contributed by atoms with Crippen molar-refractivity contribution in [2.45, 2.75) is 49.2 Å². The van der Waals surface area contributed by atoms with Gasteiger partial charge in [0.1, 0.15) is 0 Å². The number of anilines is 1. The van der Waals surface area contributed by atoms with Crippen LogP contribution >= 0.6 is 0 Å². The topological polar surface area (TPSA) is 60.2 Å². The molecule has 4 heteroatoms. The van der Waals surface area contributed by atoms with Gasteiger partial charge >= 0.3 is 0 Å². The first-order chi connectivity index (χ1) is 8.55. The summed E-state index contributed by atoms with van der Waals surface area (Å²) in [5.41, 5.74) is 6.20. The molecule has 0 saturated heterocycles. The molecule has 3 nitrogen and oxygen atoms in total. The summed E-state index contributed by atoms with van der Waals surface area (Å²) in [5.74, 6) is 0.296. The highest BCUT2D eigenvalue weighted by molar-refractivity contribution is 7.92. The molecule has 1 saturated carbocycles. The van der Waals surface area contributed by atoms with E-state index in [1.165, 1.54) is 0 Å². The Morgan fingerprint density at radius 1 is 1.28 bits per heavy atom. The second kappa shape index (κ2) is 5.31. The molecular weight excluding hydrogens is 246 g/mol. The fourth-order valence-corrected chi connectivity index (χ4v) is 5.15. The number of benzene rings is 1. The van der Waals surface area contributed by atoms with Gasteiger partial charge in [-0.2, -0.15) is 0 Å². The van der Waals surface area contributed by atoms with Gasteiger partial charge in [0.25, 0.3) is 0 Å². The fourth-order valence-electron chi connectivity index (χ4n) is 2.92. The zero-order valence-corrected chi connectivity index (χ0v) is 11.6. The highest BCUT2D eigenvalue weighted by Gasteiger charge is 2.35. The van der Waals surface area contributed by atoms with Crippen LogP contribution in [0.3, 0.4) is 0 Å². The van der Waals surface area contributed by atoms with Crippen LogP contribution in [0.1, 0.15) is 39.0 Å². The molecule has 0 aliphatic heterocycles. The first-order valence-corrected chi connectivity index (χ1v) is 8.19. The van der Waals surface area contributed by atoms with Crippen LogP contribution in [-0.4, -0.2) is 13.7 Å². The van der Waals surface area contributed by atoms with E-state index in [1.807, 2.05) is 0 Å². The summed E-state index contributed by atoms with van der Waals surface area (Å²) in [6.07, 6.45) is 4.93. The van der Waals surface area contributed by atoms with Crippen LogP contribution in [-0.2, 0) is 9.84 Å². The quantitative estimate of drug-likeness (QED) is 0.856. The lowest BCUT2D eigenvalue weighted by Crippen LogP contribution is -2.32. The molecule has 0 bridgehead atoms. The molecule has 0 spiro atoms. The van der Waals surface area contributed by atoms with Crippen molar-refractivity contribution < 1.29 is 8.42 Å². The van der Waals surface area contributed by atoms with Crippen molar-refractivity contribution >= 4 is 15.5 Å². The summed E-state index contributed by atoms with van der Waals surface area (Å²) in [7, 11) is -3.23. The Bertz CT molecular complexity index is 510. The second-order valence-electron chi connectivity index (χ2n) is 5.11. The predicted molar refractivity (Wildman–Crippen MR) is 74.1 cm³/mol. The lowest BCUT2D eigenvalue weighted by Gasteiger charge is -2.30. The molecule has 0 heterocycles. The van der Waals surface area contributed by atoms with E-state index in [9.17, 15) is 8.42 Å². The minimum Gasteiger partial charge on any atom is -0.399 e. The minimum absolute atomic E-state index is 0.224. The Hall–Kier alpha value is -1.03. The molecule has 2 unspecified atom stereocenters. The van der Waals surface area contributed by atoms with Gasteiger partial charge in [-0.1, -0.05) is 32.3 Å². The Morgan fingerprint density at radius 2 is 2.00 bits per heavy atom. The van der Waals surface area contributed by atoms with Gasteiger partial charge in [0, 0.05) is 5.69 Å². The van der Waals surface area contributed by atoms with E-state index in [-0.39, 0.29) is 5.25 Å². The van der Waals surface area contributed by atoms with E-state index in [0.717, 1.165) is 32.1 Å². The largest absolute Gasteiger partial charge is 0.399 e. The SMILES string of the molecule is CCC1CCCCC1S(=O)(=O)c1cccc(N)c1. The maximum absolute atomic E-state index is 12.7. The molecule has 0 amide bonds. The highest BCUT2D eigenvalue weighted by Crippen LogP contribution is 2.35. The molecule has 0 radical (unpaired) electrons. The minimum atomic E-state index is -3.23. The summed E-state index contributed by atoms with van der Waals surface area (Å²) >= 11 is 0. The van der Waals surface area contributed by atoms with Crippen LogP contribution < -0.4 is 5.73 Å². The molecular formula is C14H21NO2S. The summed E-state index contributed by atoms with van der Waals surface area (Å²) in [6.45, 7) is 2.08. The maximum Gasteiger partial charge on any atom is 0.181 e. The van der Waals surface area contributed by atoms with Crippen molar-refractivity contribution in [3.05, 3.63) is 24.3 Å². The van der Waals surface area contributed by atoms with Gasteiger partial charge < -0.3 is 5.73 Å². The van der Waals surface area contributed by atoms with Crippen molar-refractivity contribution in [3.63, 3.8) is 0 Å². The normalized spacial score (nSPS) is 24.9. The summed E-state index contributed by atoms with van der Waals surface area (Å²) in [6, 6.07) is 6.67. The van der Waals surface area contributed by atoms with Gasteiger partial charge in [0.2, 0.25) is 0 Å². The monoisotopic (exact) mass is 267 g/mol. The third-order valence-electron chi connectivity index (χ3n) is 3.95. The first-order valence-electron chi connectivity index (χ1n) is 6.65. The first kappa shape index (κ1) is 13.4. The Kier molecular flexibility index (Phi) is 3.95. The number of sulfone groups is 1. The highest BCUT2D eigenvalue weighted by atomic mass is 32.2. The van der Waals surface area contributed by atoms with Gasteiger partial charge in [-0.15, -0.1) is 0 Å². The van der Waals surface area contributed by atoms with Crippen molar-refractivity contribution in [1.29, 1.82) is 0 Å². The van der Waals surface area contributed by atoms with Crippen LogP contribution in [0, 0.1) is 5.92 Å². The number of hydrogen-bond acceptors (Lipinski definition) is 3. The molecule has 0 aromatic heterocycles. The van der Waals surface area contributed by atoms with Gasteiger partial charge in [-0.3, -0.25) is 0 Å². The van der Waals surface area contributed by atoms with Crippen LogP contribution in [0.4, 0.5) is 5.69 Å². The molecule has 100 valence electrons. The van der Waals surface area contributed by atoms with Crippen molar-refractivity contribution in [1.82, 2.24) is 0 Å². The molecule has 2 N–H and O–H groups in total. The number of rotatable bonds is 3. The Labute approximate surface area is 109 Å². The number of nitrogen functional groups attached to an aromatic ring is 1. The lowest BCUT2D eigenvalue weighted by atomic mass is 9.87. The van der Waals surface area contributed by atoms with Gasteiger partial charge in [-0.05, 0) is 37.0 Å². The van der Waals surface area contributed by atoms with Crippen LogP contribution in [0.5, 0.6) is 0 Å². The third-order valence-corrected chi connectivity index (χ3v) is 6.28. The summed E-state index contributed by atoms with van der Waals surface area (Å²) in [5, 5.41) is -0.224. The molecule has 1 aromatic rings. The van der Waals surface area contributed by atoms with Crippen LogP contribution in [0.25, 0.3) is 0 Å². The molecule has 18 heavy (non-hydrogen) atoms. The van der Waals surface area contributed by atoms with Crippen molar-refractivity contribution in [2.24, 2.45) is 5.92 Å². The van der Waals surface area contributed by atoms with E-state index in [4.69, 9.17) is 5.73 Å². The fraction of sp³-hybridized carbons (Fsp3) is 0.571. The standard InChI is InChI=1S/C14H21NO2S/c1-2-11-6-3-4-9-14(11)18(16,17)13-8-5-7-12(15)10-13/h5,7-8,10-11,14H,2-4,6,9,15H2,1H3. The number of hydrogen-bond donors (Lipinski definition) is 1. The van der Waals surface area contributed by atoms with Crippen molar-refractivity contribution in [3.8, 4) is 0 Å². The molecule has 1 aliphatic rings. The average Bonchev–Trinajstić information content (AvgIpc) is 2.38. The number of nitrogens with two attached hydrogens (primary N) is 1. The smallest absolute Gasteiger partial charge is 0.181 e. The van der Waals surface area contributed by atoms with E-state index in [0.29, 0.717) is 16.5 Å². The van der Waals surface area contributed by atoms with E-state index in [1.54, 1.807) is 24.3 Å². The molecule has 1 aliphatic carbocycles. The van der Waals surface area contributed by atoms with Gasteiger partial charge in [-0.25, -0.2) is 8.42 Å². The van der Waals surface area contributed by atoms with Crippen LogP contribution in [0.15, 0.2) is 29.2 Å². The van der Waals surface area contributed by atoms with E-state index >= 15 is 0 Å². The molecule has 2 atom stereocenters. The zero-order chi connectivity index (χ0) is 13.2. The molecule has 1 aromatic carbocycles. The van der Waals surface area contributed by atoms with Gasteiger partial charge in [0.05, 0.1) is 10.1 Å². The Balaban J connectivity index is 2.35. The molecule has 2 rings (SSSR count). The van der Waals surface area contributed by atoms with E-state index < -0.39 is 9.84 Å². The Morgan fingerprint density at radius 3 is 2.67 bits per heavy atom. The molecule has 1 fully saturated rings. The predicted octanol–water partition coefficient (Wildman–Crippen LogP) is 3.01. The van der Waals surface area contributed by atoms with Crippen molar-refractivity contribution in [2.75, 3.05) is 5.73 Å². The lowest BCUT2D eigenvalue weighted by molar-refractivity contribution is 0.348. The maximum atomic E-state index is 12.7. The van der Waals surface area contributed by atoms with Crippen LogP contribution in [0.2, 0.25) is 0 Å². The zero-order valence-electron chi connectivity index (χ0n) is 10.8. The average molecular weight is 267 g/mol. The van der Waals surface area contributed by atoms with Gasteiger partial charge in [0.15, 0.2) is 9.84 Å². The summed E-state index contributed by atoms with van der Waals surface area (Å²) < 4.78 is 25.3. The van der Waals surface area contributed by atoms with E-state index in [2.05, 4.69) is 6.92 Å².